The molecule has 2 rings (SSSR count). The average Bonchev–Trinajstić information content (AvgIpc) is 2.61. The molecule has 0 saturated heterocycles. The summed E-state index contributed by atoms with van der Waals surface area (Å²) in [5.74, 6) is 0.414. The first-order valence-corrected chi connectivity index (χ1v) is 8.44. The number of thiocarbonyl (C=S) groups is 1. The fourth-order valence-electron chi connectivity index (χ4n) is 2.37. The number of ether oxygens (including phenoxy) is 1. The predicted octanol–water partition coefficient (Wildman–Crippen LogP) is 3.84. The third-order valence-corrected chi connectivity index (χ3v) is 3.77. The van der Waals surface area contributed by atoms with Crippen molar-refractivity contribution >= 4 is 23.2 Å². The largest absolute Gasteiger partial charge is 0.494 e. The predicted molar refractivity (Wildman–Crippen MR) is 100 cm³/mol. The normalized spacial score (nSPS) is 11.4. The highest BCUT2D eigenvalue weighted by atomic mass is 32.1. The second kappa shape index (κ2) is 9.03. The van der Waals surface area contributed by atoms with Crippen LogP contribution in [0.2, 0.25) is 0 Å². The summed E-state index contributed by atoms with van der Waals surface area (Å²) in [5, 5.41) is 6.23. The maximum atomic E-state index is 12.3. The summed E-state index contributed by atoms with van der Waals surface area (Å²) < 4.78 is 5.41. The molecule has 1 amide bonds. The molecule has 1 atom stereocenters. The van der Waals surface area contributed by atoms with E-state index < -0.39 is 0 Å². The van der Waals surface area contributed by atoms with E-state index in [-0.39, 0.29) is 11.9 Å². The summed E-state index contributed by atoms with van der Waals surface area (Å²) in [4.78, 5) is 12.3. The van der Waals surface area contributed by atoms with Gasteiger partial charge in [-0.05, 0) is 49.3 Å². The van der Waals surface area contributed by atoms with Crippen LogP contribution in [0.3, 0.4) is 0 Å². The summed E-state index contributed by atoms with van der Waals surface area (Å²) in [7, 11) is 0. The molecule has 2 aromatic rings. The maximum Gasteiger partial charge on any atom is 0.257 e. The van der Waals surface area contributed by atoms with Crippen molar-refractivity contribution in [1.82, 2.24) is 10.6 Å². The Labute approximate surface area is 148 Å². The Morgan fingerprint density at radius 1 is 1.12 bits per heavy atom. The van der Waals surface area contributed by atoms with Crippen LogP contribution >= 0.6 is 12.2 Å². The third-order valence-electron chi connectivity index (χ3n) is 3.55. The minimum Gasteiger partial charge on any atom is -0.494 e. The van der Waals surface area contributed by atoms with Gasteiger partial charge in [0, 0.05) is 5.56 Å². The van der Waals surface area contributed by atoms with Crippen LogP contribution < -0.4 is 15.4 Å². The van der Waals surface area contributed by atoms with E-state index in [9.17, 15) is 4.79 Å². The van der Waals surface area contributed by atoms with Crippen LogP contribution in [0.25, 0.3) is 0 Å². The quantitative estimate of drug-likeness (QED) is 0.783. The van der Waals surface area contributed by atoms with Crippen LogP contribution in [-0.4, -0.2) is 17.6 Å². The molecule has 0 spiro atoms. The first-order valence-electron chi connectivity index (χ1n) is 8.03. The topological polar surface area (TPSA) is 50.4 Å². The van der Waals surface area contributed by atoms with Gasteiger partial charge in [-0.1, -0.05) is 43.3 Å². The van der Waals surface area contributed by atoms with E-state index in [1.807, 2.05) is 43.3 Å². The molecule has 0 aromatic heterocycles. The Morgan fingerprint density at radius 3 is 2.54 bits per heavy atom. The van der Waals surface area contributed by atoms with Crippen molar-refractivity contribution in [1.29, 1.82) is 0 Å². The molecule has 4 nitrogen and oxygen atoms in total. The van der Waals surface area contributed by atoms with E-state index in [0.29, 0.717) is 23.0 Å². The van der Waals surface area contributed by atoms with Crippen molar-refractivity contribution in [3.63, 3.8) is 0 Å². The number of nitrogens with one attached hydrogen (secondary N) is 2. The Morgan fingerprint density at radius 2 is 1.88 bits per heavy atom. The first-order chi connectivity index (χ1) is 11.6. The maximum absolute atomic E-state index is 12.3. The number of carbonyl (C=O) groups is 1. The lowest BCUT2D eigenvalue weighted by atomic mass is 10.1. The summed E-state index contributed by atoms with van der Waals surface area (Å²) in [5.41, 5.74) is 1.65. The van der Waals surface area contributed by atoms with Crippen molar-refractivity contribution in [3.05, 3.63) is 65.7 Å². The molecule has 0 saturated carbocycles. The van der Waals surface area contributed by atoms with E-state index in [4.69, 9.17) is 17.0 Å². The standard InChI is InChI=1S/C19H22N2O2S/c1-3-17(14-9-6-5-7-10-14)20-19(24)21-18(22)15-11-8-12-16(13-15)23-4-2/h5-13,17H,3-4H2,1-2H3,(H2,20,21,22,24). The zero-order chi connectivity index (χ0) is 17.4. The fraction of sp³-hybridized carbons (Fsp3) is 0.263. The lowest BCUT2D eigenvalue weighted by molar-refractivity contribution is 0.0976. The van der Waals surface area contributed by atoms with Gasteiger partial charge in [0.25, 0.3) is 5.91 Å². The molecule has 24 heavy (non-hydrogen) atoms. The Balaban J connectivity index is 1.98. The molecule has 5 heteroatoms. The Hall–Kier alpha value is -2.40. The van der Waals surface area contributed by atoms with Crippen molar-refractivity contribution in [2.24, 2.45) is 0 Å². The SMILES string of the molecule is CCOc1cccc(C(=O)NC(=S)NC(CC)c2ccccc2)c1. The number of benzene rings is 2. The fourth-order valence-corrected chi connectivity index (χ4v) is 2.60. The van der Waals surface area contributed by atoms with Gasteiger partial charge in [-0.3, -0.25) is 10.1 Å². The van der Waals surface area contributed by atoms with Gasteiger partial charge in [0.15, 0.2) is 5.11 Å². The van der Waals surface area contributed by atoms with E-state index in [2.05, 4.69) is 17.6 Å². The van der Waals surface area contributed by atoms with Gasteiger partial charge in [0.05, 0.1) is 12.6 Å². The Bertz CT molecular complexity index is 689. The molecule has 126 valence electrons. The van der Waals surface area contributed by atoms with Crippen LogP contribution in [-0.2, 0) is 0 Å². The lowest BCUT2D eigenvalue weighted by Crippen LogP contribution is -2.40. The number of hydrogen-bond acceptors (Lipinski definition) is 3. The third kappa shape index (κ3) is 5.06. The van der Waals surface area contributed by atoms with Gasteiger partial charge in [-0.2, -0.15) is 0 Å². The summed E-state index contributed by atoms with van der Waals surface area (Å²) in [6.07, 6.45) is 0.861. The smallest absolute Gasteiger partial charge is 0.257 e. The minimum atomic E-state index is -0.253. The van der Waals surface area contributed by atoms with E-state index in [1.54, 1.807) is 18.2 Å². The van der Waals surface area contributed by atoms with Crippen LogP contribution in [0, 0.1) is 0 Å². The van der Waals surface area contributed by atoms with Crippen LogP contribution in [0.4, 0.5) is 0 Å². The summed E-state index contributed by atoms with van der Waals surface area (Å²) in [6, 6.07) is 17.1. The minimum absolute atomic E-state index is 0.0637. The molecule has 0 heterocycles. The van der Waals surface area contributed by atoms with Crippen LogP contribution in [0.5, 0.6) is 5.75 Å². The summed E-state index contributed by atoms with van der Waals surface area (Å²) >= 11 is 5.28. The molecule has 0 radical (unpaired) electrons. The number of amides is 1. The number of rotatable bonds is 6. The summed E-state index contributed by atoms with van der Waals surface area (Å²) in [6.45, 7) is 4.53. The average molecular weight is 342 g/mol. The number of hydrogen-bond donors (Lipinski definition) is 2. The molecular formula is C19H22N2O2S. The van der Waals surface area contributed by atoms with Gasteiger partial charge < -0.3 is 10.1 Å². The van der Waals surface area contributed by atoms with Crippen molar-refractivity contribution in [2.75, 3.05) is 6.61 Å². The van der Waals surface area contributed by atoms with E-state index in [1.165, 1.54) is 0 Å². The van der Waals surface area contributed by atoms with Gasteiger partial charge in [-0.15, -0.1) is 0 Å². The van der Waals surface area contributed by atoms with Gasteiger partial charge in [0.2, 0.25) is 0 Å². The first kappa shape index (κ1) is 17.9. The monoisotopic (exact) mass is 342 g/mol. The van der Waals surface area contributed by atoms with Gasteiger partial charge in [-0.25, -0.2) is 0 Å². The zero-order valence-corrected chi connectivity index (χ0v) is 14.7. The molecule has 0 aliphatic carbocycles. The highest BCUT2D eigenvalue weighted by molar-refractivity contribution is 7.80. The molecule has 0 aliphatic heterocycles. The van der Waals surface area contributed by atoms with Crippen molar-refractivity contribution in [2.45, 2.75) is 26.3 Å². The van der Waals surface area contributed by atoms with Gasteiger partial charge >= 0.3 is 0 Å². The molecule has 2 aromatic carbocycles. The van der Waals surface area contributed by atoms with Crippen LogP contribution in [0.15, 0.2) is 54.6 Å². The number of carbonyl (C=O) groups excluding carboxylic acids is 1. The van der Waals surface area contributed by atoms with Crippen molar-refractivity contribution < 1.29 is 9.53 Å². The molecule has 1 unspecified atom stereocenters. The van der Waals surface area contributed by atoms with Crippen LogP contribution in [0.1, 0.15) is 42.2 Å². The molecular weight excluding hydrogens is 320 g/mol. The molecule has 0 aliphatic rings. The molecule has 2 N–H and O–H groups in total. The second-order valence-electron chi connectivity index (χ2n) is 5.26. The Kier molecular flexibility index (Phi) is 6.75. The molecule has 0 bridgehead atoms. The van der Waals surface area contributed by atoms with Gasteiger partial charge in [0.1, 0.15) is 5.75 Å². The van der Waals surface area contributed by atoms with Crippen molar-refractivity contribution in [3.8, 4) is 5.75 Å². The highest BCUT2D eigenvalue weighted by Crippen LogP contribution is 2.16. The second-order valence-corrected chi connectivity index (χ2v) is 5.67. The lowest BCUT2D eigenvalue weighted by Gasteiger charge is -2.19. The highest BCUT2D eigenvalue weighted by Gasteiger charge is 2.13. The van der Waals surface area contributed by atoms with E-state index >= 15 is 0 Å². The zero-order valence-electron chi connectivity index (χ0n) is 13.9. The molecule has 0 fully saturated rings. The van der Waals surface area contributed by atoms with E-state index in [0.717, 1.165) is 12.0 Å².